The van der Waals surface area contributed by atoms with Gasteiger partial charge in [0.2, 0.25) is 11.8 Å². The second-order valence-corrected chi connectivity index (χ2v) is 9.32. The quantitative estimate of drug-likeness (QED) is 0.558. The first-order chi connectivity index (χ1) is 14.9. The number of benzene rings is 2. The van der Waals surface area contributed by atoms with Gasteiger partial charge in [-0.15, -0.1) is 11.8 Å². The third kappa shape index (κ3) is 6.97. The molecule has 1 N–H and O–H groups in total. The third-order valence-corrected chi connectivity index (χ3v) is 6.79. The van der Waals surface area contributed by atoms with Crippen molar-refractivity contribution in [2.45, 2.75) is 57.0 Å². The van der Waals surface area contributed by atoms with E-state index in [1.165, 1.54) is 17.8 Å². The number of thioether (sulfide) groups is 1. The first-order valence-electron chi connectivity index (χ1n) is 10.6. The molecule has 4 nitrogen and oxygen atoms in total. The van der Waals surface area contributed by atoms with Gasteiger partial charge in [0.05, 0.1) is 5.75 Å². The Morgan fingerprint density at radius 2 is 1.84 bits per heavy atom. The molecular formula is C24H28ClFN2O2S. The number of halogens is 2. The van der Waals surface area contributed by atoms with E-state index in [1.807, 2.05) is 12.1 Å². The second kappa shape index (κ2) is 11.5. The molecule has 2 aromatic carbocycles. The zero-order valence-electron chi connectivity index (χ0n) is 17.7. The monoisotopic (exact) mass is 462 g/mol. The molecular weight excluding hydrogens is 435 g/mol. The van der Waals surface area contributed by atoms with E-state index in [4.69, 9.17) is 11.6 Å². The van der Waals surface area contributed by atoms with Gasteiger partial charge in [-0.25, -0.2) is 4.39 Å². The summed E-state index contributed by atoms with van der Waals surface area (Å²) in [6.45, 7) is 2.08. The maximum absolute atomic E-state index is 13.8. The van der Waals surface area contributed by atoms with Gasteiger partial charge in [-0.2, -0.15) is 0 Å². The second-order valence-electron chi connectivity index (χ2n) is 7.90. The van der Waals surface area contributed by atoms with Gasteiger partial charge < -0.3 is 10.2 Å². The predicted molar refractivity (Wildman–Crippen MR) is 124 cm³/mol. The van der Waals surface area contributed by atoms with Gasteiger partial charge in [-0.05, 0) is 49.1 Å². The smallest absolute Gasteiger partial charge is 0.242 e. The Hall–Kier alpha value is -2.05. The van der Waals surface area contributed by atoms with E-state index in [9.17, 15) is 14.0 Å². The van der Waals surface area contributed by atoms with Crippen molar-refractivity contribution in [2.24, 2.45) is 0 Å². The van der Waals surface area contributed by atoms with E-state index in [2.05, 4.69) is 5.32 Å². The fourth-order valence-corrected chi connectivity index (χ4v) is 4.73. The van der Waals surface area contributed by atoms with Crippen molar-refractivity contribution < 1.29 is 14.0 Å². The molecule has 0 bridgehead atoms. The summed E-state index contributed by atoms with van der Waals surface area (Å²) in [6, 6.07) is 13.4. The molecule has 2 aromatic rings. The van der Waals surface area contributed by atoms with Gasteiger partial charge in [0.25, 0.3) is 0 Å². The van der Waals surface area contributed by atoms with Crippen LogP contribution in [0, 0.1) is 5.82 Å². The molecule has 0 spiro atoms. The van der Waals surface area contributed by atoms with Gasteiger partial charge in [0.1, 0.15) is 11.9 Å². The minimum atomic E-state index is -0.599. The Bertz CT molecular complexity index is 887. The van der Waals surface area contributed by atoms with Crippen LogP contribution in [-0.4, -0.2) is 34.6 Å². The van der Waals surface area contributed by atoms with E-state index < -0.39 is 6.04 Å². The Morgan fingerprint density at radius 1 is 1.16 bits per heavy atom. The molecule has 0 aliphatic heterocycles. The van der Waals surface area contributed by atoms with Gasteiger partial charge >= 0.3 is 0 Å². The average molecular weight is 463 g/mol. The molecule has 1 aliphatic carbocycles. The normalized spacial score (nSPS) is 14.9. The highest BCUT2D eigenvalue weighted by atomic mass is 35.5. The number of rotatable bonds is 9. The lowest BCUT2D eigenvalue weighted by molar-refractivity contribution is -0.138. The minimum Gasteiger partial charge on any atom is -0.352 e. The van der Waals surface area contributed by atoms with Crippen molar-refractivity contribution in [3.05, 3.63) is 70.5 Å². The van der Waals surface area contributed by atoms with Crippen molar-refractivity contribution >= 4 is 35.2 Å². The zero-order chi connectivity index (χ0) is 22.2. The van der Waals surface area contributed by atoms with E-state index in [-0.39, 0.29) is 29.4 Å². The summed E-state index contributed by atoms with van der Waals surface area (Å²) in [5.41, 5.74) is 1.47. The van der Waals surface area contributed by atoms with Crippen LogP contribution in [0.4, 0.5) is 4.39 Å². The summed E-state index contributed by atoms with van der Waals surface area (Å²) in [7, 11) is 0. The summed E-state index contributed by atoms with van der Waals surface area (Å²) in [6.07, 6.45) is 4.23. The van der Waals surface area contributed by atoms with Crippen LogP contribution >= 0.6 is 23.4 Å². The van der Waals surface area contributed by atoms with E-state index in [0.717, 1.165) is 31.2 Å². The maximum Gasteiger partial charge on any atom is 0.242 e. The van der Waals surface area contributed by atoms with Crippen molar-refractivity contribution in [2.75, 3.05) is 5.75 Å². The molecule has 0 unspecified atom stereocenters. The summed E-state index contributed by atoms with van der Waals surface area (Å²) in [5, 5.41) is 3.71. The fraction of sp³-hybridized carbons (Fsp3) is 0.417. The van der Waals surface area contributed by atoms with Crippen LogP contribution in [0.15, 0.2) is 48.5 Å². The number of amides is 2. The summed E-state index contributed by atoms with van der Waals surface area (Å²) >= 11 is 7.33. The van der Waals surface area contributed by atoms with Crippen LogP contribution in [-0.2, 0) is 21.9 Å². The third-order valence-electron chi connectivity index (χ3n) is 5.58. The first-order valence-corrected chi connectivity index (χ1v) is 12.1. The molecule has 166 valence electrons. The number of nitrogens with one attached hydrogen (secondary N) is 1. The molecule has 1 fully saturated rings. The largest absolute Gasteiger partial charge is 0.352 e. The first kappa shape index (κ1) is 23.6. The molecule has 0 aromatic heterocycles. The molecule has 1 saturated carbocycles. The number of carbonyl (C=O) groups is 2. The average Bonchev–Trinajstić information content (AvgIpc) is 3.27. The summed E-state index contributed by atoms with van der Waals surface area (Å²) in [4.78, 5) is 27.5. The molecule has 0 heterocycles. The Balaban J connectivity index is 1.65. The van der Waals surface area contributed by atoms with E-state index in [1.54, 1.807) is 42.2 Å². The lowest BCUT2D eigenvalue weighted by atomic mass is 10.1. The van der Waals surface area contributed by atoms with Crippen molar-refractivity contribution in [1.29, 1.82) is 0 Å². The van der Waals surface area contributed by atoms with Gasteiger partial charge in [0.15, 0.2) is 0 Å². The Labute approximate surface area is 192 Å². The molecule has 31 heavy (non-hydrogen) atoms. The standard InChI is InChI=1S/C24H28ClFN2O2S/c1-17(24(30)27-21-7-3-4-8-21)28(14-18-10-12-20(25)13-11-18)23(29)16-31-15-19-6-2-5-9-22(19)26/h2,5-6,9-13,17,21H,3-4,7-8,14-16H2,1H3,(H,27,30)/t17-/m0/s1. The Morgan fingerprint density at radius 3 is 2.52 bits per heavy atom. The maximum atomic E-state index is 13.8. The number of hydrogen-bond acceptors (Lipinski definition) is 3. The number of nitrogens with zero attached hydrogens (tertiary/aromatic N) is 1. The lowest BCUT2D eigenvalue weighted by Crippen LogP contribution is -2.50. The minimum absolute atomic E-state index is 0.131. The fourth-order valence-electron chi connectivity index (χ4n) is 3.71. The summed E-state index contributed by atoms with van der Waals surface area (Å²) < 4.78 is 13.8. The molecule has 0 radical (unpaired) electrons. The Kier molecular flexibility index (Phi) is 8.79. The highest BCUT2D eigenvalue weighted by molar-refractivity contribution is 7.99. The molecule has 1 aliphatic rings. The van der Waals surface area contributed by atoms with Crippen molar-refractivity contribution in [3.8, 4) is 0 Å². The van der Waals surface area contributed by atoms with Crippen LogP contribution in [0.5, 0.6) is 0 Å². The zero-order valence-corrected chi connectivity index (χ0v) is 19.2. The predicted octanol–water partition coefficient (Wildman–Crippen LogP) is 5.19. The molecule has 7 heteroatoms. The molecule has 3 rings (SSSR count). The van der Waals surface area contributed by atoms with Gasteiger partial charge in [-0.1, -0.05) is 54.8 Å². The van der Waals surface area contributed by atoms with Crippen LogP contribution in [0.1, 0.15) is 43.7 Å². The van der Waals surface area contributed by atoms with E-state index in [0.29, 0.717) is 22.9 Å². The van der Waals surface area contributed by atoms with Gasteiger partial charge in [-0.3, -0.25) is 9.59 Å². The van der Waals surface area contributed by atoms with Crippen LogP contribution < -0.4 is 5.32 Å². The molecule has 0 saturated heterocycles. The van der Waals surface area contributed by atoms with Gasteiger partial charge in [0, 0.05) is 23.4 Å². The number of hydrogen-bond donors (Lipinski definition) is 1. The lowest BCUT2D eigenvalue weighted by Gasteiger charge is -2.29. The van der Waals surface area contributed by atoms with Crippen LogP contribution in [0.3, 0.4) is 0 Å². The number of carbonyl (C=O) groups excluding carboxylic acids is 2. The SMILES string of the molecule is C[C@@H](C(=O)NC1CCCC1)N(Cc1ccc(Cl)cc1)C(=O)CSCc1ccccc1F. The van der Waals surface area contributed by atoms with Crippen LogP contribution in [0.2, 0.25) is 5.02 Å². The van der Waals surface area contributed by atoms with Crippen LogP contribution in [0.25, 0.3) is 0 Å². The molecule has 1 atom stereocenters. The highest BCUT2D eigenvalue weighted by Crippen LogP contribution is 2.20. The molecule has 2 amide bonds. The van der Waals surface area contributed by atoms with E-state index >= 15 is 0 Å². The summed E-state index contributed by atoms with van der Waals surface area (Å²) in [5.74, 6) is 0.0159. The highest BCUT2D eigenvalue weighted by Gasteiger charge is 2.28. The van der Waals surface area contributed by atoms with Crippen molar-refractivity contribution in [3.63, 3.8) is 0 Å². The van der Waals surface area contributed by atoms with Crippen molar-refractivity contribution in [1.82, 2.24) is 10.2 Å². The topological polar surface area (TPSA) is 49.4 Å².